The van der Waals surface area contributed by atoms with Crippen LogP contribution in [0.1, 0.15) is 48.5 Å². The summed E-state index contributed by atoms with van der Waals surface area (Å²) in [5.41, 5.74) is 1.82. The summed E-state index contributed by atoms with van der Waals surface area (Å²) in [6, 6.07) is 5.39. The quantitative estimate of drug-likeness (QED) is 0.858. The standard InChI is InChI=1S/C16H21N3O3S/c1-10(2)15-17-16(22-18-15)13-8-19(9-13)23(20,21)14-6-5-11(3)7-12(14)4/h5-7,10,13H,8-9H2,1-4H3. The van der Waals surface area contributed by atoms with E-state index in [2.05, 4.69) is 10.1 Å². The number of nitrogens with zero attached hydrogens (tertiary/aromatic N) is 3. The van der Waals surface area contributed by atoms with Crippen LogP contribution >= 0.6 is 0 Å². The van der Waals surface area contributed by atoms with E-state index in [1.165, 1.54) is 4.31 Å². The lowest BCUT2D eigenvalue weighted by atomic mass is 10.0. The van der Waals surface area contributed by atoms with E-state index in [0.29, 0.717) is 29.7 Å². The summed E-state index contributed by atoms with van der Waals surface area (Å²) >= 11 is 0. The minimum atomic E-state index is -3.46. The Labute approximate surface area is 136 Å². The lowest BCUT2D eigenvalue weighted by molar-refractivity contribution is 0.216. The average molecular weight is 335 g/mol. The zero-order valence-electron chi connectivity index (χ0n) is 13.8. The topological polar surface area (TPSA) is 76.3 Å². The first-order valence-corrected chi connectivity index (χ1v) is 9.14. The van der Waals surface area contributed by atoms with Crippen molar-refractivity contribution in [2.75, 3.05) is 13.1 Å². The number of rotatable bonds is 4. The maximum atomic E-state index is 12.7. The van der Waals surface area contributed by atoms with Crippen molar-refractivity contribution in [2.24, 2.45) is 0 Å². The third kappa shape index (κ3) is 2.90. The van der Waals surface area contributed by atoms with Gasteiger partial charge in [0.1, 0.15) is 0 Å². The fourth-order valence-corrected chi connectivity index (χ4v) is 4.40. The van der Waals surface area contributed by atoms with Gasteiger partial charge < -0.3 is 4.52 Å². The van der Waals surface area contributed by atoms with Gasteiger partial charge >= 0.3 is 0 Å². The third-order valence-electron chi connectivity index (χ3n) is 4.12. The van der Waals surface area contributed by atoms with Gasteiger partial charge in [0.15, 0.2) is 5.82 Å². The predicted molar refractivity (Wildman–Crippen MR) is 85.8 cm³/mol. The van der Waals surface area contributed by atoms with Gasteiger partial charge in [-0.25, -0.2) is 8.42 Å². The van der Waals surface area contributed by atoms with Crippen LogP contribution in [0.15, 0.2) is 27.6 Å². The first kappa shape index (κ1) is 16.1. The first-order chi connectivity index (χ1) is 10.8. The van der Waals surface area contributed by atoms with E-state index < -0.39 is 10.0 Å². The molecular weight excluding hydrogens is 314 g/mol. The molecule has 1 aromatic heterocycles. The highest BCUT2D eigenvalue weighted by atomic mass is 32.2. The Bertz CT molecular complexity index is 821. The highest BCUT2D eigenvalue weighted by molar-refractivity contribution is 7.89. The molecule has 0 spiro atoms. The maximum absolute atomic E-state index is 12.7. The molecule has 2 heterocycles. The van der Waals surface area contributed by atoms with Crippen LogP contribution in [-0.4, -0.2) is 36.0 Å². The number of hydrogen-bond donors (Lipinski definition) is 0. The highest BCUT2D eigenvalue weighted by Crippen LogP contribution is 2.32. The Morgan fingerprint density at radius 2 is 1.96 bits per heavy atom. The zero-order valence-corrected chi connectivity index (χ0v) is 14.6. The molecular formula is C16H21N3O3S. The third-order valence-corrected chi connectivity index (χ3v) is 6.11. The van der Waals surface area contributed by atoms with Gasteiger partial charge in [-0.15, -0.1) is 0 Å². The van der Waals surface area contributed by atoms with Crippen LogP contribution in [0, 0.1) is 13.8 Å². The second-order valence-electron chi connectivity index (χ2n) is 6.43. The van der Waals surface area contributed by atoms with Crippen molar-refractivity contribution in [3.05, 3.63) is 41.0 Å². The van der Waals surface area contributed by atoms with Gasteiger partial charge in [-0.2, -0.15) is 9.29 Å². The molecule has 1 aliphatic rings. The second kappa shape index (κ2) is 5.72. The molecule has 0 amide bonds. The molecule has 0 saturated carbocycles. The van der Waals surface area contributed by atoms with Gasteiger partial charge in [0.25, 0.3) is 0 Å². The molecule has 3 rings (SSSR count). The number of sulfonamides is 1. The van der Waals surface area contributed by atoms with Crippen LogP contribution in [-0.2, 0) is 10.0 Å². The fourth-order valence-electron chi connectivity index (χ4n) is 2.67. The fraction of sp³-hybridized carbons (Fsp3) is 0.500. The van der Waals surface area contributed by atoms with Gasteiger partial charge in [0, 0.05) is 19.0 Å². The van der Waals surface area contributed by atoms with Crippen LogP contribution in [0.5, 0.6) is 0 Å². The smallest absolute Gasteiger partial charge is 0.243 e. The maximum Gasteiger partial charge on any atom is 0.243 e. The Morgan fingerprint density at radius 1 is 1.26 bits per heavy atom. The molecule has 124 valence electrons. The minimum Gasteiger partial charge on any atom is -0.339 e. The molecule has 0 atom stereocenters. The van der Waals surface area contributed by atoms with Crippen molar-refractivity contribution in [2.45, 2.75) is 44.4 Å². The number of hydrogen-bond acceptors (Lipinski definition) is 5. The Balaban J connectivity index is 1.75. The molecule has 0 aliphatic carbocycles. The first-order valence-electron chi connectivity index (χ1n) is 7.70. The molecule has 0 bridgehead atoms. The molecule has 0 radical (unpaired) electrons. The van der Waals surface area contributed by atoms with E-state index in [1.807, 2.05) is 39.8 Å². The normalized spacial score (nSPS) is 16.7. The number of aryl methyl sites for hydroxylation is 2. The highest BCUT2D eigenvalue weighted by Gasteiger charge is 2.40. The zero-order chi connectivity index (χ0) is 16.8. The lowest BCUT2D eigenvalue weighted by Gasteiger charge is -2.36. The number of benzene rings is 1. The van der Waals surface area contributed by atoms with Crippen molar-refractivity contribution in [1.82, 2.24) is 14.4 Å². The molecule has 6 nitrogen and oxygen atoms in total. The monoisotopic (exact) mass is 335 g/mol. The largest absolute Gasteiger partial charge is 0.339 e. The lowest BCUT2D eigenvalue weighted by Crippen LogP contribution is -2.48. The van der Waals surface area contributed by atoms with Crippen molar-refractivity contribution < 1.29 is 12.9 Å². The molecule has 7 heteroatoms. The summed E-state index contributed by atoms with van der Waals surface area (Å²) in [5.74, 6) is 1.37. The second-order valence-corrected chi connectivity index (χ2v) is 8.34. The molecule has 0 unspecified atom stereocenters. The van der Waals surface area contributed by atoms with Crippen LogP contribution in [0.2, 0.25) is 0 Å². The van der Waals surface area contributed by atoms with Crippen LogP contribution in [0.4, 0.5) is 0 Å². The van der Waals surface area contributed by atoms with Crippen molar-refractivity contribution in [3.63, 3.8) is 0 Å². The Hall–Kier alpha value is -1.73. The average Bonchev–Trinajstić information content (AvgIpc) is 2.85. The molecule has 1 fully saturated rings. The summed E-state index contributed by atoms with van der Waals surface area (Å²) in [4.78, 5) is 4.72. The predicted octanol–water partition coefficient (Wildman–Crippen LogP) is 2.60. The van der Waals surface area contributed by atoms with Gasteiger partial charge in [-0.1, -0.05) is 36.7 Å². The molecule has 23 heavy (non-hydrogen) atoms. The number of aromatic nitrogens is 2. The summed E-state index contributed by atoms with van der Waals surface area (Å²) in [6.45, 7) is 8.53. The summed E-state index contributed by atoms with van der Waals surface area (Å²) in [7, 11) is -3.46. The molecule has 1 saturated heterocycles. The Kier molecular flexibility index (Phi) is 4.01. The SMILES string of the molecule is Cc1ccc(S(=O)(=O)N2CC(c3nc(C(C)C)no3)C2)c(C)c1. The van der Waals surface area contributed by atoms with Gasteiger partial charge in [-0.05, 0) is 25.5 Å². The van der Waals surface area contributed by atoms with Gasteiger partial charge in [-0.3, -0.25) is 0 Å². The van der Waals surface area contributed by atoms with Crippen molar-refractivity contribution >= 4 is 10.0 Å². The van der Waals surface area contributed by atoms with Crippen molar-refractivity contribution in [3.8, 4) is 0 Å². The molecule has 1 aliphatic heterocycles. The van der Waals surface area contributed by atoms with Crippen molar-refractivity contribution in [1.29, 1.82) is 0 Å². The molecule has 1 aromatic carbocycles. The van der Waals surface area contributed by atoms with E-state index in [4.69, 9.17) is 4.52 Å². The van der Waals surface area contributed by atoms with E-state index >= 15 is 0 Å². The Morgan fingerprint density at radius 3 is 2.52 bits per heavy atom. The van der Waals surface area contributed by atoms with E-state index in [1.54, 1.807) is 6.07 Å². The molecule has 2 aromatic rings. The summed E-state index contributed by atoms with van der Waals surface area (Å²) in [5, 5.41) is 3.93. The minimum absolute atomic E-state index is 0.0180. The van der Waals surface area contributed by atoms with Gasteiger partial charge in [0.05, 0.1) is 10.8 Å². The van der Waals surface area contributed by atoms with E-state index in [-0.39, 0.29) is 11.8 Å². The van der Waals surface area contributed by atoms with Crippen LogP contribution in [0.3, 0.4) is 0 Å². The van der Waals surface area contributed by atoms with Crippen LogP contribution < -0.4 is 0 Å². The van der Waals surface area contributed by atoms with Crippen LogP contribution in [0.25, 0.3) is 0 Å². The van der Waals surface area contributed by atoms with E-state index in [9.17, 15) is 8.42 Å². The summed E-state index contributed by atoms with van der Waals surface area (Å²) in [6.07, 6.45) is 0. The summed E-state index contributed by atoms with van der Waals surface area (Å²) < 4.78 is 32.1. The molecule has 0 N–H and O–H groups in total. The van der Waals surface area contributed by atoms with Gasteiger partial charge in [0.2, 0.25) is 15.9 Å². The van der Waals surface area contributed by atoms with E-state index in [0.717, 1.165) is 11.1 Å².